The third kappa shape index (κ3) is 1.66. The molecular formula is C10H8F3N3. The number of rotatable bonds is 3. The fourth-order valence-electron chi connectivity index (χ4n) is 1.34. The van der Waals surface area contributed by atoms with Crippen molar-refractivity contribution < 1.29 is 13.2 Å². The maximum Gasteiger partial charge on any atom is 0.289 e. The van der Waals surface area contributed by atoms with Crippen molar-refractivity contribution in [2.75, 3.05) is 0 Å². The van der Waals surface area contributed by atoms with E-state index in [1.165, 1.54) is 12.3 Å². The summed E-state index contributed by atoms with van der Waals surface area (Å²) in [6.07, 6.45) is -2.86. The Kier molecular flexibility index (Phi) is 2.64. The Morgan fingerprint density at radius 2 is 2.06 bits per heavy atom. The van der Waals surface area contributed by atoms with Gasteiger partial charge in [-0.2, -0.15) is 5.10 Å². The highest BCUT2D eigenvalue weighted by Crippen LogP contribution is 2.22. The summed E-state index contributed by atoms with van der Waals surface area (Å²) in [4.78, 5) is 3.97. The maximum absolute atomic E-state index is 13.1. The summed E-state index contributed by atoms with van der Waals surface area (Å²) in [7, 11) is 0. The van der Waals surface area contributed by atoms with Crippen LogP contribution < -0.4 is 0 Å². The van der Waals surface area contributed by atoms with Crippen molar-refractivity contribution in [3.05, 3.63) is 30.6 Å². The van der Waals surface area contributed by atoms with Crippen LogP contribution >= 0.6 is 0 Å². The third-order valence-electron chi connectivity index (χ3n) is 2.12. The average Bonchev–Trinajstić information content (AvgIpc) is 2.70. The second kappa shape index (κ2) is 3.96. The van der Waals surface area contributed by atoms with E-state index in [0.717, 1.165) is 0 Å². The zero-order chi connectivity index (χ0) is 11.7. The fourth-order valence-corrected chi connectivity index (χ4v) is 1.34. The summed E-state index contributed by atoms with van der Waals surface area (Å²) in [5.74, 6) is 0. The normalized spacial score (nSPS) is 13.2. The van der Waals surface area contributed by atoms with Crippen LogP contribution in [0.25, 0.3) is 17.1 Å². The summed E-state index contributed by atoms with van der Waals surface area (Å²) >= 11 is 0. The lowest BCUT2D eigenvalue weighted by Crippen LogP contribution is -2.14. The van der Waals surface area contributed by atoms with E-state index in [9.17, 15) is 13.2 Å². The van der Waals surface area contributed by atoms with Crippen molar-refractivity contribution in [1.82, 2.24) is 14.8 Å². The first kappa shape index (κ1) is 10.7. The zero-order valence-corrected chi connectivity index (χ0v) is 8.15. The van der Waals surface area contributed by atoms with E-state index in [1.54, 1.807) is 12.1 Å². The van der Waals surface area contributed by atoms with Crippen LogP contribution in [0.1, 0.15) is 12.0 Å². The minimum Gasteiger partial charge on any atom is -0.229 e. The first-order chi connectivity index (χ1) is 7.63. The number of nitrogens with zero attached hydrogens (tertiary/aromatic N) is 3. The maximum atomic E-state index is 13.1. The molecule has 0 radical (unpaired) electrons. The Balaban J connectivity index is 2.57. The molecule has 0 aliphatic carbocycles. The molecule has 0 fully saturated rings. The number of alkyl halides is 3. The van der Waals surface area contributed by atoms with Crippen LogP contribution in [0.4, 0.5) is 13.2 Å². The molecule has 2 aromatic rings. The zero-order valence-electron chi connectivity index (χ0n) is 8.15. The highest BCUT2D eigenvalue weighted by molar-refractivity contribution is 5.75. The molecule has 1 atom stereocenters. The Hall–Kier alpha value is -1.85. The highest BCUT2D eigenvalue weighted by atomic mass is 19.3. The molecule has 0 aliphatic rings. The lowest BCUT2D eigenvalue weighted by molar-refractivity contribution is 0.00310. The van der Waals surface area contributed by atoms with Gasteiger partial charge in [0.05, 0.1) is 11.9 Å². The van der Waals surface area contributed by atoms with E-state index in [2.05, 4.69) is 16.7 Å². The first-order valence-electron chi connectivity index (χ1n) is 4.52. The van der Waals surface area contributed by atoms with Crippen LogP contribution in [0.15, 0.2) is 24.9 Å². The Bertz CT molecular complexity index is 521. The SMILES string of the molecule is C=Cc1ccc2cnn(C(F)C(F)F)c2n1. The molecule has 2 heterocycles. The Labute approximate surface area is 89.2 Å². The van der Waals surface area contributed by atoms with Crippen LogP contribution in [-0.4, -0.2) is 21.2 Å². The van der Waals surface area contributed by atoms with Gasteiger partial charge in [0.2, 0.25) is 0 Å². The van der Waals surface area contributed by atoms with Gasteiger partial charge < -0.3 is 0 Å². The monoisotopic (exact) mass is 227 g/mol. The van der Waals surface area contributed by atoms with Crippen molar-refractivity contribution in [1.29, 1.82) is 0 Å². The predicted molar refractivity (Wildman–Crippen MR) is 53.8 cm³/mol. The second-order valence-corrected chi connectivity index (χ2v) is 3.15. The number of halogens is 3. The Morgan fingerprint density at radius 3 is 2.69 bits per heavy atom. The molecule has 0 saturated heterocycles. The molecule has 2 aromatic heterocycles. The molecule has 0 bridgehead atoms. The fraction of sp³-hybridized carbons (Fsp3) is 0.200. The number of hydrogen-bond acceptors (Lipinski definition) is 2. The number of hydrogen-bond donors (Lipinski definition) is 0. The molecule has 1 unspecified atom stereocenters. The Morgan fingerprint density at radius 1 is 1.31 bits per heavy atom. The largest absolute Gasteiger partial charge is 0.289 e. The van der Waals surface area contributed by atoms with Gasteiger partial charge in [0, 0.05) is 5.39 Å². The van der Waals surface area contributed by atoms with Crippen molar-refractivity contribution in [3.8, 4) is 0 Å². The number of pyridine rings is 1. The minimum absolute atomic E-state index is 0.0881. The van der Waals surface area contributed by atoms with Crippen LogP contribution in [0, 0.1) is 0 Å². The molecule has 0 aromatic carbocycles. The summed E-state index contributed by atoms with van der Waals surface area (Å²) in [5.41, 5.74) is 0.570. The lowest BCUT2D eigenvalue weighted by Gasteiger charge is -2.07. The summed E-state index contributed by atoms with van der Waals surface area (Å²) in [6.45, 7) is 3.50. The lowest BCUT2D eigenvalue weighted by atomic mass is 10.3. The van der Waals surface area contributed by atoms with Crippen LogP contribution in [0.5, 0.6) is 0 Å². The van der Waals surface area contributed by atoms with Gasteiger partial charge in [0.1, 0.15) is 0 Å². The van der Waals surface area contributed by atoms with E-state index in [4.69, 9.17) is 0 Å². The quantitative estimate of drug-likeness (QED) is 0.807. The van der Waals surface area contributed by atoms with E-state index < -0.39 is 12.7 Å². The summed E-state index contributed by atoms with van der Waals surface area (Å²) in [5, 5.41) is 4.06. The molecule has 16 heavy (non-hydrogen) atoms. The van der Waals surface area contributed by atoms with E-state index in [0.29, 0.717) is 15.8 Å². The van der Waals surface area contributed by atoms with Gasteiger partial charge in [-0.3, -0.25) is 0 Å². The molecule has 84 valence electrons. The van der Waals surface area contributed by atoms with E-state index in [1.807, 2.05) is 0 Å². The van der Waals surface area contributed by atoms with Crippen molar-refractivity contribution in [2.24, 2.45) is 0 Å². The van der Waals surface area contributed by atoms with Crippen molar-refractivity contribution in [3.63, 3.8) is 0 Å². The third-order valence-corrected chi connectivity index (χ3v) is 2.12. The molecule has 0 aliphatic heterocycles. The van der Waals surface area contributed by atoms with Gasteiger partial charge >= 0.3 is 0 Å². The smallest absolute Gasteiger partial charge is 0.229 e. The standard InChI is InChI=1S/C10H8F3N3/c1-2-7-4-3-6-5-14-16(10(6)15-7)9(13)8(11)12/h2-5,8-9H,1H2. The van der Waals surface area contributed by atoms with Gasteiger partial charge in [0.25, 0.3) is 12.7 Å². The molecule has 2 rings (SSSR count). The molecule has 0 saturated carbocycles. The molecule has 6 heteroatoms. The number of fused-ring (bicyclic) bond motifs is 1. The predicted octanol–water partition coefficient (Wildman–Crippen LogP) is 2.81. The van der Waals surface area contributed by atoms with Gasteiger partial charge in [-0.1, -0.05) is 6.58 Å². The topological polar surface area (TPSA) is 30.7 Å². The molecule has 0 amide bonds. The van der Waals surface area contributed by atoms with E-state index >= 15 is 0 Å². The molecule has 0 N–H and O–H groups in total. The van der Waals surface area contributed by atoms with Crippen LogP contribution in [-0.2, 0) is 0 Å². The van der Waals surface area contributed by atoms with Gasteiger partial charge in [0.15, 0.2) is 5.65 Å². The summed E-state index contributed by atoms with van der Waals surface area (Å²) < 4.78 is 38.2. The van der Waals surface area contributed by atoms with Gasteiger partial charge in [-0.15, -0.1) is 0 Å². The van der Waals surface area contributed by atoms with Crippen molar-refractivity contribution in [2.45, 2.75) is 12.7 Å². The highest BCUT2D eigenvalue weighted by Gasteiger charge is 2.24. The minimum atomic E-state index is -3.13. The molecule has 3 nitrogen and oxygen atoms in total. The average molecular weight is 227 g/mol. The first-order valence-corrected chi connectivity index (χ1v) is 4.52. The summed E-state index contributed by atoms with van der Waals surface area (Å²) in [6, 6.07) is 3.28. The molecular weight excluding hydrogens is 219 g/mol. The number of aromatic nitrogens is 3. The van der Waals surface area contributed by atoms with Crippen LogP contribution in [0.3, 0.4) is 0 Å². The van der Waals surface area contributed by atoms with Crippen molar-refractivity contribution >= 4 is 17.1 Å². The van der Waals surface area contributed by atoms with Crippen LogP contribution in [0.2, 0.25) is 0 Å². The van der Waals surface area contributed by atoms with E-state index in [-0.39, 0.29) is 5.65 Å². The molecule has 0 spiro atoms. The second-order valence-electron chi connectivity index (χ2n) is 3.15. The van der Waals surface area contributed by atoms with Gasteiger partial charge in [-0.25, -0.2) is 22.8 Å². The van der Waals surface area contributed by atoms with Gasteiger partial charge in [-0.05, 0) is 18.2 Å².